The minimum absolute atomic E-state index is 0.0695. The summed E-state index contributed by atoms with van der Waals surface area (Å²) in [6.07, 6.45) is -0.364. The first-order chi connectivity index (χ1) is 5.27. The molecule has 2 heterocycles. The molecule has 1 aliphatic heterocycles. The number of carbonyl (C=O) groups excluding carboxylic acids is 1. The molecule has 0 spiro atoms. The molecule has 1 aromatic heterocycles. The highest BCUT2D eigenvalue weighted by atomic mass is 32.1. The average Bonchev–Trinajstić information content (AvgIpc) is 2.36. The Labute approximate surface area is 68.0 Å². The fraction of sp³-hybridized carbons (Fsp3) is 0.286. The van der Waals surface area contributed by atoms with Gasteiger partial charge in [0.05, 0.1) is 0 Å². The molecule has 1 N–H and O–H groups in total. The van der Waals surface area contributed by atoms with E-state index in [1.54, 1.807) is 6.92 Å². The van der Waals surface area contributed by atoms with Gasteiger partial charge < -0.3 is 10.1 Å². The van der Waals surface area contributed by atoms with Crippen molar-refractivity contribution in [3.8, 4) is 5.75 Å². The number of carbonyl (C=O) groups is 1. The van der Waals surface area contributed by atoms with Gasteiger partial charge >= 0.3 is 0 Å². The summed E-state index contributed by atoms with van der Waals surface area (Å²) in [7, 11) is 0. The van der Waals surface area contributed by atoms with Gasteiger partial charge in [0, 0.05) is 0 Å². The van der Waals surface area contributed by atoms with E-state index in [2.05, 4.69) is 5.32 Å². The van der Waals surface area contributed by atoms with Crippen molar-refractivity contribution >= 4 is 22.2 Å². The molecule has 1 aliphatic rings. The summed E-state index contributed by atoms with van der Waals surface area (Å²) < 4.78 is 5.28. The van der Waals surface area contributed by atoms with Gasteiger partial charge in [0.25, 0.3) is 5.91 Å². The standard InChI is InChI=1S/C7H7NO2S/c1-4-6(9)8-7-5(10-4)2-3-11-7/h2-4H,1H3,(H,8,9). The fourth-order valence-electron chi connectivity index (χ4n) is 0.939. The van der Waals surface area contributed by atoms with Gasteiger partial charge in [-0.25, -0.2) is 0 Å². The number of fused-ring (bicyclic) bond motifs is 1. The van der Waals surface area contributed by atoms with Crippen LogP contribution < -0.4 is 10.1 Å². The van der Waals surface area contributed by atoms with Crippen LogP contribution in [0.5, 0.6) is 5.75 Å². The van der Waals surface area contributed by atoms with Crippen molar-refractivity contribution in [3.63, 3.8) is 0 Å². The largest absolute Gasteiger partial charge is 0.478 e. The van der Waals surface area contributed by atoms with E-state index in [9.17, 15) is 4.79 Å². The Hall–Kier alpha value is -1.03. The number of amides is 1. The maximum Gasteiger partial charge on any atom is 0.265 e. The van der Waals surface area contributed by atoms with Gasteiger partial charge in [0.15, 0.2) is 11.9 Å². The monoisotopic (exact) mass is 169 g/mol. The lowest BCUT2D eigenvalue weighted by atomic mass is 10.3. The molecule has 0 saturated heterocycles. The quantitative estimate of drug-likeness (QED) is 0.638. The predicted octanol–water partition coefficient (Wildman–Crippen LogP) is 1.47. The summed E-state index contributed by atoms with van der Waals surface area (Å²) in [5, 5.41) is 5.45. The zero-order valence-corrected chi connectivity index (χ0v) is 6.77. The molecule has 0 fully saturated rings. The molecule has 58 valence electrons. The van der Waals surface area contributed by atoms with E-state index in [1.165, 1.54) is 11.3 Å². The van der Waals surface area contributed by atoms with Crippen LogP contribution in [0.15, 0.2) is 11.4 Å². The third-order valence-corrected chi connectivity index (χ3v) is 2.35. The lowest BCUT2D eigenvalue weighted by Gasteiger charge is -2.19. The first-order valence-corrected chi connectivity index (χ1v) is 4.20. The lowest BCUT2D eigenvalue weighted by Crippen LogP contribution is -2.33. The molecule has 1 aromatic rings. The molecular formula is C7H7NO2S. The van der Waals surface area contributed by atoms with Crippen LogP contribution in [0.3, 0.4) is 0 Å². The highest BCUT2D eigenvalue weighted by molar-refractivity contribution is 7.14. The zero-order chi connectivity index (χ0) is 7.84. The van der Waals surface area contributed by atoms with Crippen LogP contribution in [0.25, 0.3) is 0 Å². The minimum Gasteiger partial charge on any atom is -0.478 e. The first-order valence-electron chi connectivity index (χ1n) is 3.32. The molecule has 0 aromatic carbocycles. The predicted molar refractivity (Wildman–Crippen MR) is 43.0 cm³/mol. The van der Waals surface area contributed by atoms with Crippen molar-refractivity contribution in [1.29, 1.82) is 0 Å². The minimum atomic E-state index is -0.364. The van der Waals surface area contributed by atoms with Crippen molar-refractivity contribution in [2.75, 3.05) is 5.32 Å². The van der Waals surface area contributed by atoms with E-state index >= 15 is 0 Å². The molecule has 2 rings (SSSR count). The number of hydrogen-bond donors (Lipinski definition) is 1. The average molecular weight is 169 g/mol. The molecule has 1 atom stereocenters. The molecular weight excluding hydrogens is 162 g/mol. The third kappa shape index (κ3) is 0.991. The first kappa shape index (κ1) is 6.67. The van der Waals surface area contributed by atoms with E-state index in [0.717, 1.165) is 10.8 Å². The number of hydrogen-bond acceptors (Lipinski definition) is 3. The Morgan fingerprint density at radius 3 is 3.36 bits per heavy atom. The van der Waals surface area contributed by atoms with Gasteiger partial charge in [-0.2, -0.15) is 0 Å². The van der Waals surface area contributed by atoms with Crippen LogP contribution in [-0.2, 0) is 4.79 Å². The van der Waals surface area contributed by atoms with Crippen molar-refractivity contribution in [2.24, 2.45) is 0 Å². The second-order valence-corrected chi connectivity index (χ2v) is 3.28. The number of rotatable bonds is 0. The second-order valence-electron chi connectivity index (χ2n) is 2.36. The highest BCUT2D eigenvalue weighted by Crippen LogP contribution is 2.34. The Morgan fingerprint density at radius 2 is 2.55 bits per heavy atom. The van der Waals surface area contributed by atoms with Crippen molar-refractivity contribution in [2.45, 2.75) is 13.0 Å². The maximum atomic E-state index is 11.0. The Morgan fingerprint density at radius 1 is 1.73 bits per heavy atom. The van der Waals surface area contributed by atoms with Gasteiger partial charge in [0.1, 0.15) is 5.00 Å². The molecule has 0 bridgehead atoms. The molecule has 0 saturated carbocycles. The maximum absolute atomic E-state index is 11.0. The summed E-state index contributed by atoms with van der Waals surface area (Å²) in [4.78, 5) is 11.0. The van der Waals surface area contributed by atoms with Crippen LogP contribution in [0, 0.1) is 0 Å². The van der Waals surface area contributed by atoms with E-state index < -0.39 is 0 Å². The van der Waals surface area contributed by atoms with Crippen LogP contribution >= 0.6 is 11.3 Å². The molecule has 1 unspecified atom stereocenters. The lowest BCUT2D eigenvalue weighted by molar-refractivity contribution is -0.122. The van der Waals surface area contributed by atoms with Crippen molar-refractivity contribution in [3.05, 3.63) is 11.4 Å². The molecule has 3 nitrogen and oxygen atoms in total. The van der Waals surface area contributed by atoms with Crippen LogP contribution in [0.1, 0.15) is 6.92 Å². The molecule has 0 radical (unpaired) electrons. The molecule has 1 amide bonds. The summed E-state index contributed by atoms with van der Waals surface area (Å²) in [6.45, 7) is 1.73. The molecule has 0 aliphatic carbocycles. The SMILES string of the molecule is CC1Oc2ccsc2NC1=O. The number of thiophene rings is 1. The van der Waals surface area contributed by atoms with Gasteiger partial charge in [-0.05, 0) is 18.4 Å². The van der Waals surface area contributed by atoms with Crippen LogP contribution in [0.4, 0.5) is 5.00 Å². The van der Waals surface area contributed by atoms with Crippen LogP contribution in [0.2, 0.25) is 0 Å². The smallest absolute Gasteiger partial charge is 0.265 e. The van der Waals surface area contributed by atoms with Crippen LogP contribution in [-0.4, -0.2) is 12.0 Å². The van der Waals surface area contributed by atoms with Gasteiger partial charge in [-0.1, -0.05) is 0 Å². The number of nitrogens with one attached hydrogen (secondary N) is 1. The summed E-state index contributed by atoms with van der Waals surface area (Å²) in [5.41, 5.74) is 0. The second kappa shape index (κ2) is 2.23. The molecule has 4 heteroatoms. The topological polar surface area (TPSA) is 38.3 Å². The highest BCUT2D eigenvalue weighted by Gasteiger charge is 2.23. The van der Waals surface area contributed by atoms with E-state index in [1.807, 2.05) is 11.4 Å². The van der Waals surface area contributed by atoms with Crippen molar-refractivity contribution < 1.29 is 9.53 Å². The zero-order valence-electron chi connectivity index (χ0n) is 5.96. The van der Waals surface area contributed by atoms with E-state index in [-0.39, 0.29) is 12.0 Å². The summed E-state index contributed by atoms with van der Waals surface area (Å²) in [6, 6.07) is 1.86. The summed E-state index contributed by atoms with van der Waals surface area (Å²) >= 11 is 1.47. The van der Waals surface area contributed by atoms with Gasteiger partial charge in [0.2, 0.25) is 0 Å². The summed E-state index contributed by atoms with van der Waals surface area (Å²) in [5.74, 6) is 0.710. The fourth-order valence-corrected chi connectivity index (χ4v) is 1.66. The van der Waals surface area contributed by atoms with Gasteiger partial charge in [-0.15, -0.1) is 11.3 Å². The normalized spacial score (nSPS) is 21.9. The number of anilines is 1. The van der Waals surface area contributed by atoms with E-state index in [4.69, 9.17) is 4.74 Å². The molecule has 11 heavy (non-hydrogen) atoms. The van der Waals surface area contributed by atoms with Gasteiger partial charge in [-0.3, -0.25) is 4.79 Å². The Balaban J connectivity index is 2.37. The Bertz CT molecular complexity index is 294. The Kier molecular flexibility index (Phi) is 1.35. The third-order valence-electron chi connectivity index (χ3n) is 1.54. The van der Waals surface area contributed by atoms with Crippen molar-refractivity contribution in [1.82, 2.24) is 0 Å². The number of ether oxygens (including phenoxy) is 1. The van der Waals surface area contributed by atoms with E-state index in [0.29, 0.717) is 0 Å².